The van der Waals surface area contributed by atoms with E-state index in [2.05, 4.69) is 9.82 Å². The molecular formula is C11H13N3O4S2. The summed E-state index contributed by atoms with van der Waals surface area (Å²) in [6.45, 7) is 3.75. The minimum Gasteiger partial charge on any atom is -0.477 e. The lowest BCUT2D eigenvalue weighted by Crippen LogP contribution is -2.16. The molecule has 0 aliphatic rings. The molecule has 0 amide bonds. The van der Waals surface area contributed by atoms with Gasteiger partial charge in [-0.25, -0.2) is 17.9 Å². The van der Waals surface area contributed by atoms with Gasteiger partial charge >= 0.3 is 5.97 Å². The van der Waals surface area contributed by atoms with E-state index in [1.807, 2.05) is 13.8 Å². The first-order valence-corrected chi connectivity index (χ1v) is 8.05. The molecule has 0 aliphatic heterocycles. The summed E-state index contributed by atoms with van der Waals surface area (Å²) in [5.74, 6) is -0.813. The number of nitrogens with zero attached hydrogens (tertiary/aromatic N) is 2. The third-order valence-electron chi connectivity index (χ3n) is 2.49. The molecule has 0 atom stereocenters. The third-order valence-corrected chi connectivity index (χ3v) is 4.90. The van der Waals surface area contributed by atoms with E-state index in [0.717, 1.165) is 17.4 Å². The molecule has 2 rings (SSSR count). The highest BCUT2D eigenvalue weighted by atomic mass is 32.2. The fraction of sp³-hybridized carbons (Fsp3) is 0.273. The van der Waals surface area contributed by atoms with Crippen LogP contribution in [0.2, 0.25) is 0 Å². The van der Waals surface area contributed by atoms with E-state index >= 15 is 0 Å². The van der Waals surface area contributed by atoms with E-state index < -0.39 is 16.0 Å². The van der Waals surface area contributed by atoms with Crippen LogP contribution in [0.4, 0.5) is 5.82 Å². The van der Waals surface area contributed by atoms with Crippen LogP contribution in [0.5, 0.6) is 0 Å². The average molecular weight is 315 g/mol. The molecule has 0 aromatic carbocycles. The normalized spacial score (nSPS) is 11.8. The largest absolute Gasteiger partial charge is 0.477 e. The zero-order valence-electron chi connectivity index (χ0n) is 10.8. The maximum Gasteiger partial charge on any atom is 0.345 e. The summed E-state index contributed by atoms with van der Waals surface area (Å²) in [6.07, 6.45) is 1.49. The molecule has 2 aromatic heterocycles. The van der Waals surface area contributed by atoms with E-state index in [1.165, 1.54) is 16.3 Å². The smallest absolute Gasteiger partial charge is 0.345 e. The van der Waals surface area contributed by atoms with E-state index in [-0.39, 0.29) is 15.8 Å². The third kappa shape index (κ3) is 2.83. The Balaban J connectivity index is 2.31. The molecule has 0 fully saturated rings. The van der Waals surface area contributed by atoms with Crippen LogP contribution in [-0.2, 0) is 10.0 Å². The number of nitrogens with one attached hydrogen (secondary N) is 1. The second-order valence-corrected chi connectivity index (χ2v) is 6.91. The maximum atomic E-state index is 12.2. The van der Waals surface area contributed by atoms with Crippen molar-refractivity contribution in [2.45, 2.75) is 24.8 Å². The highest BCUT2D eigenvalue weighted by Crippen LogP contribution is 2.23. The van der Waals surface area contributed by atoms with Crippen molar-refractivity contribution in [1.82, 2.24) is 9.78 Å². The number of aromatic nitrogens is 2. The molecule has 2 aromatic rings. The van der Waals surface area contributed by atoms with Crippen LogP contribution in [-0.4, -0.2) is 29.3 Å². The van der Waals surface area contributed by atoms with Crippen molar-refractivity contribution in [1.29, 1.82) is 0 Å². The number of anilines is 1. The second-order valence-electron chi connectivity index (χ2n) is 4.31. The van der Waals surface area contributed by atoms with Gasteiger partial charge in [-0.1, -0.05) is 0 Å². The molecule has 2 heterocycles. The summed E-state index contributed by atoms with van der Waals surface area (Å²) in [4.78, 5) is 10.7. The fourth-order valence-electron chi connectivity index (χ4n) is 1.58. The average Bonchev–Trinajstić information content (AvgIpc) is 2.95. The number of rotatable bonds is 5. The molecule has 0 aliphatic carbocycles. The molecule has 0 radical (unpaired) electrons. The van der Waals surface area contributed by atoms with E-state index in [0.29, 0.717) is 5.82 Å². The van der Waals surface area contributed by atoms with Crippen molar-refractivity contribution in [2.75, 3.05) is 4.72 Å². The van der Waals surface area contributed by atoms with Gasteiger partial charge in [0.1, 0.15) is 10.7 Å². The van der Waals surface area contributed by atoms with Crippen molar-refractivity contribution < 1.29 is 18.3 Å². The zero-order chi connectivity index (χ0) is 14.9. The van der Waals surface area contributed by atoms with Crippen LogP contribution < -0.4 is 4.72 Å². The van der Waals surface area contributed by atoms with Crippen LogP contribution >= 0.6 is 11.3 Å². The molecular weight excluding hydrogens is 302 g/mol. The number of carbonyl (C=O) groups is 1. The Morgan fingerprint density at radius 3 is 2.75 bits per heavy atom. The van der Waals surface area contributed by atoms with Gasteiger partial charge in [-0.05, 0) is 19.9 Å². The van der Waals surface area contributed by atoms with Crippen molar-refractivity contribution in [2.24, 2.45) is 0 Å². The standard InChI is InChI=1S/C11H13N3O4S2/c1-7(2)14-10(3-4-12-14)13-20(17,18)8-5-9(11(15)16)19-6-8/h3-7,13H,1-2H3,(H,15,16). The number of hydrogen-bond acceptors (Lipinski definition) is 5. The predicted octanol–water partition coefficient (Wildman–Crippen LogP) is 2.02. The first kappa shape index (κ1) is 14.5. The quantitative estimate of drug-likeness (QED) is 0.879. The van der Waals surface area contributed by atoms with Crippen molar-refractivity contribution in [3.05, 3.63) is 28.6 Å². The maximum absolute atomic E-state index is 12.2. The van der Waals surface area contributed by atoms with Crippen LogP contribution in [0.1, 0.15) is 29.6 Å². The molecule has 7 nitrogen and oxygen atoms in total. The lowest BCUT2D eigenvalue weighted by Gasteiger charge is -2.12. The Morgan fingerprint density at radius 2 is 2.20 bits per heavy atom. The molecule has 2 N–H and O–H groups in total. The lowest BCUT2D eigenvalue weighted by atomic mass is 10.4. The molecule has 0 unspecified atom stereocenters. The zero-order valence-corrected chi connectivity index (χ0v) is 12.4. The second kappa shape index (κ2) is 5.25. The Hall–Kier alpha value is -1.87. The van der Waals surface area contributed by atoms with Gasteiger partial charge < -0.3 is 5.11 Å². The van der Waals surface area contributed by atoms with Crippen molar-refractivity contribution in [3.8, 4) is 0 Å². The topological polar surface area (TPSA) is 101 Å². The summed E-state index contributed by atoms with van der Waals surface area (Å²) < 4.78 is 28.3. The first-order chi connectivity index (χ1) is 9.31. The Bertz CT molecular complexity index is 730. The predicted molar refractivity (Wildman–Crippen MR) is 74.7 cm³/mol. The summed E-state index contributed by atoms with van der Waals surface area (Å²) in [5.41, 5.74) is 0. The minimum atomic E-state index is -3.82. The lowest BCUT2D eigenvalue weighted by molar-refractivity contribution is 0.0702. The first-order valence-electron chi connectivity index (χ1n) is 5.69. The minimum absolute atomic E-state index is 0.000227. The Labute approximate surface area is 119 Å². The monoisotopic (exact) mass is 315 g/mol. The van der Waals surface area contributed by atoms with Gasteiger partial charge in [0.15, 0.2) is 0 Å². The van der Waals surface area contributed by atoms with Gasteiger partial charge in [-0.15, -0.1) is 11.3 Å². The Kier molecular flexibility index (Phi) is 3.82. The molecule has 20 heavy (non-hydrogen) atoms. The van der Waals surface area contributed by atoms with Gasteiger partial charge in [-0.3, -0.25) is 4.72 Å². The van der Waals surface area contributed by atoms with Crippen LogP contribution in [0.15, 0.2) is 28.6 Å². The summed E-state index contributed by atoms with van der Waals surface area (Å²) in [6, 6.07) is 2.67. The molecule has 0 bridgehead atoms. The number of aromatic carboxylic acids is 1. The molecule has 0 saturated carbocycles. The van der Waals surface area contributed by atoms with Crippen molar-refractivity contribution >= 4 is 33.1 Å². The number of thiophene rings is 1. The van der Waals surface area contributed by atoms with Crippen LogP contribution in [0.25, 0.3) is 0 Å². The van der Waals surface area contributed by atoms with Crippen LogP contribution in [0, 0.1) is 0 Å². The summed E-state index contributed by atoms with van der Waals surface area (Å²) in [7, 11) is -3.82. The highest BCUT2D eigenvalue weighted by molar-refractivity contribution is 7.92. The molecule has 108 valence electrons. The molecule has 9 heteroatoms. The highest BCUT2D eigenvalue weighted by Gasteiger charge is 2.20. The van der Waals surface area contributed by atoms with Gasteiger partial charge in [0.25, 0.3) is 10.0 Å². The van der Waals surface area contributed by atoms with Crippen LogP contribution in [0.3, 0.4) is 0 Å². The van der Waals surface area contributed by atoms with E-state index in [4.69, 9.17) is 5.11 Å². The fourth-order valence-corrected chi connectivity index (χ4v) is 3.74. The summed E-state index contributed by atoms with van der Waals surface area (Å²) >= 11 is 0.867. The molecule has 0 spiro atoms. The summed E-state index contributed by atoms with van der Waals surface area (Å²) in [5, 5.41) is 14.1. The SMILES string of the molecule is CC(C)n1nccc1NS(=O)(=O)c1csc(C(=O)O)c1. The van der Waals surface area contributed by atoms with Gasteiger partial charge in [0.2, 0.25) is 0 Å². The number of carboxylic acids is 1. The number of sulfonamides is 1. The van der Waals surface area contributed by atoms with E-state index in [9.17, 15) is 13.2 Å². The number of carboxylic acid groups (broad SMARTS) is 1. The van der Waals surface area contributed by atoms with E-state index in [1.54, 1.807) is 6.07 Å². The van der Waals surface area contributed by atoms with Gasteiger partial charge in [0.05, 0.1) is 11.1 Å². The molecule has 0 saturated heterocycles. The number of hydrogen-bond donors (Lipinski definition) is 2. The van der Waals surface area contributed by atoms with Gasteiger partial charge in [0, 0.05) is 17.5 Å². The van der Waals surface area contributed by atoms with Gasteiger partial charge in [-0.2, -0.15) is 5.10 Å². The Morgan fingerprint density at radius 1 is 1.50 bits per heavy atom. The van der Waals surface area contributed by atoms with Crippen molar-refractivity contribution in [3.63, 3.8) is 0 Å².